The smallest absolute Gasteiger partial charge is 0.0270 e. The van der Waals surface area contributed by atoms with Crippen molar-refractivity contribution in [1.29, 1.82) is 0 Å². The normalized spacial score (nSPS) is 25.8. The summed E-state index contributed by atoms with van der Waals surface area (Å²) in [5, 5.41) is 3.61. The Morgan fingerprint density at radius 2 is 1.95 bits per heavy atom. The van der Waals surface area contributed by atoms with Gasteiger partial charge in [0, 0.05) is 18.4 Å². The van der Waals surface area contributed by atoms with E-state index < -0.39 is 0 Å². The van der Waals surface area contributed by atoms with Gasteiger partial charge in [-0.2, -0.15) is 0 Å². The van der Waals surface area contributed by atoms with Crippen molar-refractivity contribution in [3.05, 3.63) is 30.1 Å². The van der Waals surface area contributed by atoms with E-state index in [4.69, 9.17) is 0 Å². The van der Waals surface area contributed by atoms with Crippen molar-refractivity contribution in [3.63, 3.8) is 0 Å². The van der Waals surface area contributed by atoms with Gasteiger partial charge in [-0.15, -0.1) is 0 Å². The van der Waals surface area contributed by atoms with Crippen molar-refractivity contribution < 1.29 is 0 Å². The van der Waals surface area contributed by atoms with Crippen LogP contribution < -0.4 is 5.32 Å². The topological polar surface area (TPSA) is 24.9 Å². The second-order valence-electron chi connectivity index (χ2n) is 6.72. The summed E-state index contributed by atoms with van der Waals surface area (Å²) in [4.78, 5) is 4.13. The van der Waals surface area contributed by atoms with Crippen molar-refractivity contribution in [2.75, 3.05) is 7.05 Å². The first kappa shape index (κ1) is 14.5. The molecule has 19 heavy (non-hydrogen) atoms. The largest absolute Gasteiger partial charge is 0.316 e. The van der Waals surface area contributed by atoms with E-state index in [1.807, 2.05) is 12.4 Å². The Morgan fingerprint density at radius 3 is 2.53 bits per heavy atom. The van der Waals surface area contributed by atoms with Gasteiger partial charge in [0.2, 0.25) is 0 Å². The minimum atomic E-state index is 0.452. The highest BCUT2D eigenvalue weighted by Crippen LogP contribution is 2.45. The first-order valence-electron chi connectivity index (χ1n) is 7.63. The molecule has 3 unspecified atom stereocenters. The van der Waals surface area contributed by atoms with Crippen LogP contribution in [0.15, 0.2) is 24.5 Å². The summed E-state index contributed by atoms with van der Waals surface area (Å²) in [5.41, 5.74) is 1.85. The van der Waals surface area contributed by atoms with Crippen LogP contribution >= 0.6 is 0 Å². The monoisotopic (exact) mass is 260 g/mol. The molecule has 1 aliphatic carbocycles. The zero-order chi connectivity index (χ0) is 13.9. The third-order valence-electron chi connectivity index (χ3n) is 5.13. The number of pyridine rings is 1. The Balaban J connectivity index is 2.19. The molecule has 2 heteroatoms. The molecule has 1 aromatic heterocycles. The summed E-state index contributed by atoms with van der Waals surface area (Å²) < 4.78 is 0. The molecule has 0 aliphatic heterocycles. The van der Waals surface area contributed by atoms with Gasteiger partial charge in [-0.3, -0.25) is 4.98 Å². The van der Waals surface area contributed by atoms with Crippen LogP contribution in [0.1, 0.15) is 57.9 Å². The molecule has 0 radical (unpaired) electrons. The number of nitrogens with one attached hydrogen (secondary N) is 1. The predicted molar refractivity (Wildman–Crippen MR) is 81.2 cm³/mol. The van der Waals surface area contributed by atoms with E-state index in [1.54, 1.807) is 0 Å². The van der Waals surface area contributed by atoms with Gasteiger partial charge in [-0.25, -0.2) is 0 Å². The lowest BCUT2D eigenvalue weighted by Gasteiger charge is -2.45. The molecule has 0 bridgehead atoms. The predicted octanol–water partition coefficient (Wildman–Crippen LogP) is 3.99. The van der Waals surface area contributed by atoms with Crippen LogP contribution in [-0.4, -0.2) is 18.1 Å². The van der Waals surface area contributed by atoms with Crippen LogP contribution in [0.3, 0.4) is 0 Å². The average Bonchev–Trinajstić information content (AvgIpc) is 2.42. The summed E-state index contributed by atoms with van der Waals surface area (Å²) in [5.74, 6) is 1.30. The van der Waals surface area contributed by atoms with Gasteiger partial charge in [0.25, 0.3) is 0 Å². The van der Waals surface area contributed by atoms with Crippen molar-refractivity contribution in [2.45, 2.75) is 58.4 Å². The van der Waals surface area contributed by atoms with E-state index in [9.17, 15) is 0 Å². The Kier molecular flexibility index (Phi) is 4.62. The van der Waals surface area contributed by atoms with Crippen molar-refractivity contribution in [2.24, 2.45) is 11.3 Å². The van der Waals surface area contributed by atoms with E-state index in [-0.39, 0.29) is 0 Å². The maximum atomic E-state index is 4.13. The van der Waals surface area contributed by atoms with E-state index in [0.717, 1.165) is 5.92 Å². The highest BCUT2D eigenvalue weighted by atomic mass is 14.9. The van der Waals surface area contributed by atoms with Crippen molar-refractivity contribution >= 4 is 0 Å². The molecule has 1 aliphatic rings. The van der Waals surface area contributed by atoms with Gasteiger partial charge >= 0.3 is 0 Å². The summed E-state index contributed by atoms with van der Waals surface area (Å²) in [6, 6.07) is 4.87. The van der Waals surface area contributed by atoms with Crippen LogP contribution in [0.2, 0.25) is 0 Å². The first-order chi connectivity index (χ1) is 9.06. The Morgan fingerprint density at radius 1 is 1.26 bits per heavy atom. The van der Waals surface area contributed by atoms with E-state index in [0.29, 0.717) is 17.4 Å². The highest BCUT2D eigenvalue weighted by molar-refractivity contribution is 5.18. The quantitative estimate of drug-likeness (QED) is 0.885. The van der Waals surface area contributed by atoms with Crippen LogP contribution in [0.4, 0.5) is 0 Å². The molecule has 1 N–H and O–H groups in total. The molecule has 0 saturated heterocycles. The van der Waals surface area contributed by atoms with Crippen LogP contribution in [0, 0.1) is 11.3 Å². The van der Waals surface area contributed by atoms with E-state index >= 15 is 0 Å². The van der Waals surface area contributed by atoms with Gasteiger partial charge in [0.05, 0.1) is 0 Å². The summed E-state index contributed by atoms with van der Waals surface area (Å²) in [7, 11) is 2.12. The fraction of sp³-hybridized carbons (Fsp3) is 0.706. The molecular weight excluding hydrogens is 232 g/mol. The van der Waals surface area contributed by atoms with Gasteiger partial charge in [-0.1, -0.05) is 33.6 Å². The Hall–Kier alpha value is -0.890. The van der Waals surface area contributed by atoms with Crippen molar-refractivity contribution in [1.82, 2.24) is 10.3 Å². The van der Waals surface area contributed by atoms with Gasteiger partial charge in [-0.05, 0) is 54.8 Å². The highest BCUT2D eigenvalue weighted by Gasteiger charge is 2.39. The van der Waals surface area contributed by atoms with Gasteiger partial charge in [0.1, 0.15) is 0 Å². The molecule has 0 aromatic carbocycles. The zero-order valence-electron chi connectivity index (χ0n) is 12.8. The van der Waals surface area contributed by atoms with Crippen LogP contribution in [-0.2, 0) is 0 Å². The molecule has 1 fully saturated rings. The third-order valence-corrected chi connectivity index (χ3v) is 5.13. The molecule has 3 atom stereocenters. The van der Waals surface area contributed by atoms with Gasteiger partial charge < -0.3 is 5.32 Å². The number of hydrogen-bond donors (Lipinski definition) is 1. The molecular formula is C17H28N2. The molecule has 1 saturated carbocycles. The number of nitrogens with zero attached hydrogens (tertiary/aromatic N) is 1. The maximum Gasteiger partial charge on any atom is 0.0270 e. The van der Waals surface area contributed by atoms with Gasteiger partial charge in [0.15, 0.2) is 0 Å². The number of hydrogen-bond acceptors (Lipinski definition) is 2. The lowest BCUT2D eigenvalue weighted by Crippen LogP contribution is -2.46. The molecule has 2 nitrogen and oxygen atoms in total. The minimum absolute atomic E-state index is 0.452. The van der Waals surface area contributed by atoms with E-state index in [2.05, 4.69) is 50.3 Å². The summed E-state index contributed by atoms with van der Waals surface area (Å²) in [6.07, 6.45) is 9.31. The molecule has 1 heterocycles. The second kappa shape index (κ2) is 6.04. The molecule has 0 amide bonds. The fourth-order valence-corrected chi connectivity index (χ4v) is 3.86. The summed E-state index contributed by atoms with van der Waals surface area (Å²) >= 11 is 0. The minimum Gasteiger partial charge on any atom is -0.316 e. The Labute approximate surface area is 118 Å². The Bertz CT molecular complexity index is 386. The third kappa shape index (κ3) is 3.17. The lowest BCUT2D eigenvalue weighted by atomic mass is 9.63. The lowest BCUT2D eigenvalue weighted by molar-refractivity contribution is 0.0923. The maximum absolute atomic E-state index is 4.13. The number of likely N-dealkylation sites (N-methyl/N-ethyl adjacent to an activating group) is 1. The number of rotatable bonds is 4. The SMILES string of the molecule is CNC(C(C)c1ccncc1)C1CCCCC1(C)C. The number of aromatic nitrogens is 1. The van der Waals surface area contributed by atoms with Crippen molar-refractivity contribution in [3.8, 4) is 0 Å². The van der Waals surface area contributed by atoms with Crippen LogP contribution in [0.5, 0.6) is 0 Å². The average molecular weight is 260 g/mol. The standard InChI is InChI=1S/C17H28N2/c1-13(14-8-11-19-12-9-14)16(18-4)15-7-5-6-10-17(15,2)3/h8-9,11-13,15-16,18H,5-7,10H2,1-4H3. The molecule has 1 aromatic rings. The zero-order valence-corrected chi connectivity index (χ0v) is 12.8. The first-order valence-corrected chi connectivity index (χ1v) is 7.63. The summed E-state index contributed by atoms with van der Waals surface area (Å²) in [6.45, 7) is 7.24. The fourth-order valence-electron chi connectivity index (χ4n) is 3.86. The van der Waals surface area contributed by atoms with Crippen LogP contribution in [0.25, 0.3) is 0 Å². The second-order valence-corrected chi connectivity index (χ2v) is 6.72. The molecule has 106 valence electrons. The molecule has 0 spiro atoms. The molecule has 2 rings (SSSR count). The van der Waals surface area contributed by atoms with E-state index in [1.165, 1.54) is 31.2 Å².